The van der Waals surface area contributed by atoms with Crippen molar-refractivity contribution < 1.29 is 22.5 Å². The summed E-state index contributed by atoms with van der Waals surface area (Å²) in [5.41, 5.74) is 4.86. The van der Waals surface area contributed by atoms with Crippen LogP contribution in [0.25, 0.3) is 0 Å². The number of anilines is 1. The van der Waals surface area contributed by atoms with Gasteiger partial charge in [0.15, 0.2) is 5.82 Å². The van der Waals surface area contributed by atoms with Gasteiger partial charge in [0, 0.05) is 25.1 Å². The fourth-order valence-electron chi connectivity index (χ4n) is 1.93. The van der Waals surface area contributed by atoms with Crippen molar-refractivity contribution in [1.29, 1.82) is 0 Å². The molecule has 9 heteroatoms. The molecule has 0 radical (unpaired) electrons. The first-order chi connectivity index (χ1) is 10.8. The molecule has 0 aliphatic rings. The average molecular weight is 328 g/mol. The zero-order valence-corrected chi connectivity index (χ0v) is 12.3. The number of aryl methyl sites for hydroxylation is 2. The van der Waals surface area contributed by atoms with E-state index in [1.165, 1.54) is 6.07 Å². The third-order valence-corrected chi connectivity index (χ3v) is 2.98. The molecule has 0 unspecified atom stereocenters. The van der Waals surface area contributed by atoms with Crippen LogP contribution >= 0.6 is 0 Å². The van der Waals surface area contributed by atoms with E-state index in [2.05, 4.69) is 15.5 Å². The molecule has 124 valence electrons. The predicted octanol–water partition coefficient (Wildman–Crippen LogP) is 2.43. The van der Waals surface area contributed by atoms with Crippen LogP contribution in [0.5, 0.6) is 0 Å². The van der Waals surface area contributed by atoms with Crippen LogP contribution in [0, 0.1) is 6.92 Å². The standard InChI is InChI=1S/C14H15F3N4O2/c1-8-19-13(23-21-8)3-2-12(22)20-11-5-9(7-18)4-10(6-11)14(15,16)17/h4-6H,2-3,7,18H2,1H3,(H,20,22). The number of hydrogen-bond acceptors (Lipinski definition) is 5. The number of alkyl halides is 3. The Labute approximate surface area is 129 Å². The lowest BCUT2D eigenvalue weighted by Gasteiger charge is -2.12. The second-order valence-electron chi connectivity index (χ2n) is 4.90. The van der Waals surface area contributed by atoms with Crippen LogP contribution in [0.4, 0.5) is 18.9 Å². The number of hydrogen-bond donors (Lipinski definition) is 2. The molecular formula is C14H15F3N4O2. The maximum atomic E-state index is 12.8. The molecule has 0 bridgehead atoms. The summed E-state index contributed by atoms with van der Waals surface area (Å²) < 4.78 is 43.3. The Morgan fingerprint density at radius 1 is 1.35 bits per heavy atom. The van der Waals surface area contributed by atoms with Gasteiger partial charge < -0.3 is 15.6 Å². The molecule has 1 aromatic carbocycles. The molecule has 3 N–H and O–H groups in total. The summed E-state index contributed by atoms with van der Waals surface area (Å²) >= 11 is 0. The quantitative estimate of drug-likeness (QED) is 0.879. The van der Waals surface area contributed by atoms with Crippen molar-refractivity contribution in [3.05, 3.63) is 41.0 Å². The third-order valence-electron chi connectivity index (χ3n) is 2.98. The van der Waals surface area contributed by atoms with Gasteiger partial charge in [0.1, 0.15) is 0 Å². The van der Waals surface area contributed by atoms with Gasteiger partial charge in [0.05, 0.1) is 5.56 Å². The minimum Gasteiger partial charge on any atom is -0.339 e. The highest BCUT2D eigenvalue weighted by molar-refractivity contribution is 5.91. The number of amides is 1. The number of nitrogens with one attached hydrogen (secondary N) is 1. The minimum atomic E-state index is -4.51. The van der Waals surface area contributed by atoms with Crippen LogP contribution in [0.3, 0.4) is 0 Å². The number of aromatic nitrogens is 2. The molecular weight excluding hydrogens is 313 g/mol. The first kappa shape index (κ1) is 16.9. The Balaban J connectivity index is 2.05. The SMILES string of the molecule is Cc1noc(CCC(=O)Nc2cc(CN)cc(C(F)(F)F)c2)n1. The van der Waals surface area contributed by atoms with E-state index in [9.17, 15) is 18.0 Å². The lowest BCUT2D eigenvalue weighted by Crippen LogP contribution is -2.14. The van der Waals surface area contributed by atoms with Gasteiger partial charge >= 0.3 is 6.18 Å². The lowest BCUT2D eigenvalue weighted by molar-refractivity contribution is -0.137. The van der Waals surface area contributed by atoms with Gasteiger partial charge in [-0.05, 0) is 30.7 Å². The highest BCUT2D eigenvalue weighted by atomic mass is 19.4. The molecule has 6 nitrogen and oxygen atoms in total. The van der Waals surface area contributed by atoms with Crippen LogP contribution in [-0.4, -0.2) is 16.0 Å². The van der Waals surface area contributed by atoms with E-state index >= 15 is 0 Å². The minimum absolute atomic E-state index is 0.00976. The zero-order valence-electron chi connectivity index (χ0n) is 12.3. The predicted molar refractivity (Wildman–Crippen MR) is 75.3 cm³/mol. The van der Waals surface area contributed by atoms with Gasteiger partial charge in [-0.3, -0.25) is 4.79 Å². The Hall–Kier alpha value is -2.42. The molecule has 2 aromatic rings. The smallest absolute Gasteiger partial charge is 0.339 e. The molecule has 1 amide bonds. The van der Waals surface area contributed by atoms with E-state index in [1.54, 1.807) is 6.92 Å². The normalized spacial score (nSPS) is 11.5. The lowest BCUT2D eigenvalue weighted by atomic mass is 10.1. The molecule has 0 saturated carbocycles. The first-order valence-corrected chi connectivity index (χ1v) is 6.78. The summed E-state index contributed by atoms with van der Waals surface area (Å²) in [4.78, 5) is 15.8. The van der Waals surface area contributed by atoms with E-state index in [1.807, 2.05) is 0 Å². The number of nitrogens with two attached hydrogens (primary N) is 1. The fraction of sp³-hybridized carbons (Fsp3) is 0.357. The first-order valence-electron chi connectivity index (χ1n) is 6.78. The van der Waals surface area contributed by atoms with E-state index in [-0.39, 0.29) is 30.6 Å². The monoisotopic (exact) mass is 328 g/mol. The van der Waals surface area contributed by atoms with Crippen molar-refractivity contribution >= 4 is 11.6 Å². The van der Waals surface area contributed by atoms with E-state index in [0.717, 1.165) is 12.1 Å². The fourth-order valence-corrected chi connectivity index (χ4v) is 1.93. The molecule has 0 atom stereocenters. The summed E-state index contributed by atoms with van der Waals surface area (Å²) in [5, 5.41) is 6.00. The number of halogens is 3. The van der Waals surface area contributed by atoms with E-state index in [0.29, 0.717) is 11.7 Å². The molecule has 1 aromatic heterocycles. The summed E-state index contributed by atoms with van der Waals surface area (Å²) in [6.07, 6.45) is -4.29. The third kappa shape index (κ3) is 4.78. The van der Waals surface area contributed by atoms with Crippen LogP contribution in [0.2, 0.25) is 0 Å². The van der Waals surface area contributed by atoms with Gasteiger partial charge in [-0.1, -0.05) is 5.16 Å². The molecule has 0 fully saturated rings. The van der Waals surface area contributed by atoms with E-state index in [4.69, 9.17) is 10.3 Å². The molecule has 0 aliphatic carbocycles. The zero-order chi connectivity index (χ0) is 17.0. The number of rotatable bonds is 5. The molecule has 0 aliphatic heterocycles. The highest BCUT2D eigenvalue weighted by Gasteiger charge is 2.31. The highest BCUT2D eigenvalue weighted by Crippen LogP contribution is 2.32. The summed E-state index contributed by atoms with van der Waals surface area (Å²) in [5.74, 6) is 0.290. The van der Waals surface area contributed by atoms with Gasteiger partial charge in [-0.15, -0.1) is 0 Å². The number of carbonyl (C=O) groups excluding carboxylic acids is 1. The Morgan fingerprint density at radius 2 is 2.09 bits per heavy atom. The van der Waals surface area contributed by atoms with Gasteiger partial charge in [0.25, 0.3) is 0 Å². The van der Waals surface area contributed by atoms with Crippen molar-refractivity contribution in [2.75, 3.05) is 5.32 Å². The molecule has 1 heterocycles. The van der Waals surface area contributed by atoms with Crippen molar-refractivity contribution in [2.45, 2.75) is 32.5 Å². The number of carbonyl (C=O) groups is 1. The largest absolute Gasteiger partial charge is 0.416 e. The summed E-state index contributed by atoms with van der Waals surface area (Å²) in [7, 11) is 0. The Bertz CT molecular complexity index is 698. The summed E-state index contributed by atoms with van der Waals surface area (Å²) in [6, 6.07) is 3.23. The van der Waals surface area contributed by atoms with Crippen LogP contribution in [0.15, 0.2) is 22.7 Å². The van der Waals surface area contributed by atoms with Crippen molar-refractivity contribution in [3.63, 3.8) is 0 Å². The number of benzene rings is 1. The maximum absolute atomic E-state index is 12.8. The second kappa shape index (κ2) is 6.78. The van der Waals surface area contributed by atoms with Gasteiger partial charge in [-0.25, -0.2) is 0 Å². The average Bonchev–Trinajstić information content (AvgIpc) is 2.89. The van der Waals surface area contributed by atoms with Crippen molar-refractivity contribution in [2.24, 2.45) is 5.73 Å². The van der Waals surface area contributed by atoms with E-state index < -0.39 is 17.6 Å². The summed E-state index contributed by atoms with van der Waals surface area (Å²) in [6.45, 7) is 1.58. The topological polar surface area (TPSA) is 94.0 Å². The molecule has 2 rings (SSSR count). The molecule has 0 spiro atoms. The maximum Gasteiger partial charge on any atom is 0.416 e. The Morgan fingerprint density at radius 3 is 2.65 bits per heavy atom. The van der Waals surface area contributed by atoms with Crippen LogP contribution < -0.4 is 11.1 Å². The van der Waals surface area contributed by atoms with Gasteiger partial charge in [0.2, 0.25) is 11.8 Å². The Kier molecular flexibility index (Phi) is 4.99. The second-order valence-corrected chi connectivity index (χ2v) is 4.90. The number of nitrogens with zero attached hydrogens (tertiary/aromatic N) is 2. The van der Waals surface area contributed by atoms with Crippen LogP contribution in [-0.2, 0) is 23.9 Å². The molecule has 23 heavy (non-hydrogen) atoms. The van der Waals surface area contributed by atoms with Crippen molar-refractivity contribution in [3.8, 4) is 0 Å². The molecule has 0 saturated heterocycles. The van der Waals surface area contributed by atoms with Gasteiger partial charge in [-0.2, -0.15) is 18.2 Å². The van der Waals surface area contributed by atoms with Crippen LogP contribution in [0.1, 0.15) is 29.3 Å². The van der Waals surface area contributed by atoms with Crippen molar-refractivity contribution in [1.82, 2.24) is 10.1 Å².